The third kappa shape index (κ3) is 6.43. The minimum absolute atomic E-state index is 0.0247. The Morgan fingerprint density at radius 3 is 2.39 bits per heavy atom. The molecule has 4 aromatic carbocycles. The van der Waals surface area contributed by atoms with Gasteiger partial charge in [-0.2, -0.15) is 0 Å². The van der Waals surface area contributed by atoms with E-state index in [1.807, 2.05) is 42.5 Å². The molecule has 0 aliphatic carbocycles. The monoisotopic (exact) mass is 516 g/mol. The van der Waals surface area contributed by atoms with Crippen molar-refractivity contribution in [1.82, 2.24) is 0 Å². The lowest BCUT2D eigenvalue weighted by Gasteiger charge is -2.16. The molecule has 0 atom stereocenters. The first kappa shape index (κ1) is 27.0. The van der Waals surface area contributed by atoms with Gasteiger partial charge >= 0.3 is 5.97 Å². The highest BCUT2D eigenvalue weighted by molar-refractivity contribution is 6.02. The molecule has 0 spiro atoms. The van der Waals surface area contributed by atoms with E-state index in [0.29, 0.717) is 36.2 Å². The molecule has 38 heavy (non-hydrogen) atoms. The Hall–Kier alpha value is -4.07. The van der Waals surface area contributed by atoms with Gasteiger partial charge < -0.3 is 28.8 Å². The van der Waals surface area contributed by atoms with Gasteiger partial charge in [-0.15, -0.1) is 0 Å². The van der Waals surface area contributed by atoms with E-state index in [-0.39, 0.29) is 24.7 Å². The number of esters is 1. The second kappa shape index (κ2) is 12.9. The number of carbonyl (C=O) groups excluding carboxylic acids is 1. The summed E-state index contributed by atoms with van der Waals surface area (Å²) in [6, 6.07) is 23.0. The Labute approximate surface area is 222 Å². The molecule has 0 aliphatic heterocycles. The highest BCUT2D eigenvalue weighted by atomic mass is 16.7. The average molecular weight is 517 g/mol. The van der Waals surface area contributed by atoms with Crippen molar-refractivity contribution >= 4 is 16.7 Å². The molecule has 7 heteroatoms. The van der Waals surface area contributed by atoms with Crippen LogP contribution in [0.4, 0.5) is 0 Å². The van der Waals surface area contributed by atoms with Crippen molar-refractivity contribution in [1.29, 1.82) is 0 Å². The molecular weight excluding hydrogens is 484 g/mol. The molecule has 0 fully saturated rings. The summed E-state index contributed by atoms with van der Waals surface area (Å²) in [6.45, 7) is 3.05. The summed E-state index contributed by atoms with van der Waals surface area (Å²) in [4.78, 5) is 12.3. The summed E-state index contributed by atoms with van der Waals surface area (Å²) < 4.78 is 27.2. The fourth-order valence-electron chi connectivity index (χ4n) is 4.24. The fraction of sp³-hybridized carbons (Fsp3) is 0.258. The van der Waals surface area contributed by atoms with Gasteiger partial charge in [-0.3, -0.25) is 0 Å². The number of phenolic OH excluding ortho intramolecular Hbond substituents is 1. The Balaban J connectivity index is 1.72. The lowest BCUT2D eigenvalue weighted by Crippen LogP contribution is -2.09. The zero-order chi connectivity index (χ0) is 26.9. The van der Waals surface area contributed by atoms with Crippen molar-refractivity contribution in [3.05, 3.63) is 89.5 Å². The first-order chi connectivity index (χ1) is 18.5. The van der Waals surface area contributed by atoms with Gasteiger partial charge in [-0.1, -0.05) is 36.4 Å². The van der Waals surface area contributed by atoms with E-state index >= 15 is 0 Å². The third-order valence-corrected chi connectivity index (χ3v) is 6.10. The standard InChI is InChI=1S/C31H32O7/c1-4-37-31(33)25-17-27-26(28(32)18-25)16-23(19-30(27)35-3)22-10-11-29(38-20-36-13-12-34-2)24(15-22)14-21-8-6-5-7-9-21/h5-11,15-19,32H,4,12-14,20H2,1-3H3. The second-order valence-corrected chi connectivity index (χ2v) is 8.64. The van der Waals surface area contributed by atoms with E-state index in [2.05, 4.69) is 18.2 Å². The summed E-state index contributed by atoms with van der Waals surface area (Å²) in [5, 5.41) is 12.0. The quantitative estimate of drug-likeness (QED) is 0.141. The van der Waals surface area contributed by atoms with E-state index in [9.17, 15) is 9.90 Å². The van der Waals surface area contributed by atoms with Gasteiger partial charge in [0.05, 0.1) is 32.5 Å². The molecule has 0 saturated heterocycles. The zero-order valence-electron chi connectivity index (χ0n) is 21.9. The lowest BCUT2D eigenvalue weighted by molar-refractivity contribution is -0.00882. The minimum Gasteiger partial charge on any atom is -0.507 e. The maximum Gasteiger partial charge on any atom is 0.338 e. The molecule has 0 aromatic heterocycles. The van der Waals surface area contributed by atoms with Crippen LogP contribution >= 0.6 is 0 Å². The van der Waals surface area contributed by atoms with Gasteiger partial charge in [0.25, 0.3) is 0 Å². The third-order valence-electron chi connectivity index (χ3n) is 6.10. The molecule has 198 valence electrons. The Morgan fingerprint density at radius 1 is 0.842 bits per heavy atom. The van der Waals surface area contributed by atoms with Crippen molar-refractivity contribution in [3.63, 3.8) is 0 Å². The van der Waals surface area contributed by atoms with Crippen LogP contribution in [0.2, 0.25) is 0 Å². The number of phenols is 1. The zero-order valence-corrected chi connectivity index (χ0v) is 21.9. The molecule has 0 bridgehead atoms. The first-order valence-corrected chi connectivity index (χ1v) is 12.4. The van der Waals surface area contributed by atoms with Gasteiger partial charge in [0.1, 0.15) is 17.2 Å². The number of ether oxygens (including phenoxy) is 5. The highest BCUT2D eigenvalue weighted by Gasteiger charge is 2.16. The number of aromatic hydroxyl groups is 1. The first-order valence-electron chi connectivity index (χ1n) is 12.4. The number of rotatable bonds is 12. The molecule has 0 heterocycles. The highest BCUT2D eigenvalue weighted by Crippen LogP contribution is 2.39. The number of hydrogen-bond donors (Lipinski definition) is 1. The molecule has 0 saturated carbocycles. The molecular formula is C31H32O7. The topological polar surface area (TPSA) is 83.5 Å². The van der Waals surface area contributed by atoms with Crippen molar-refractivity contribution in [2.45, 2.75) is 13.3 Å². The van der Waals surface area contributed by atoms with E-state index in [4.69, 9.17) is 23.7 Å². The van der Waals surface area contributed by atoms with E-state index in [1.165, 1.54) is 6.07 Å². The molecule has 7 nitrogen and oxygen atoms in total. The van der Waals surface area contributed by atoms with Crippen molar-refractivity contribution in [3.8, 4) is 28.4 Å². The van der Waals surface area contributed by atoms with Crippen LogP contribution in [0.1, 0.15) is 28.4 Å². The van der Waals surface area contributed by atoms with Gasteiger partial charge in [0, 0.05) is 24.3 Å². The number of methoxy groups -OCH3 is 2. The number of benzene rings is 4. The molecule has 0 amide bonds. The maximum atomic E-state index is 12.3. The molecule has 0 unspecified atom stereocenters. The summed E-state index contributed by atoms with van der Waals surface area (Å²) in [6.07, 6.45) is 0.668. The summed E-state index contributed by atoms with van der Waals surface area (Å²) >= 11 is 0. The van der Waals surface area contributed by atoms with Crippen LogP contribution < -0.4 is 9.47 Å². The normalized spacial score (nSPS) is 10.9. The van der Waals surface area contributed by atoms with Crippen molar-refractivity contribution in [2.75, 3.05) is 40.8 Å². The minimum atomic E-state index is -0.497. The smallest absolute Gasteiger partial charge is 0.338 e. The predicted molar refractivity (Wildman–Crippen MR) is 146 cm³/mol. The maximum absolute atomic E-state index is 12.3. The Bertz CT molecular complexity index is 1380. The van der Waals surface area contributed by atoms with Crippen LogP contribution in [-0.4, -0.2) is 51.9 Å². The van der Waals surface area contributed by atoms with Gasteiger partial charge in [0.2, 0.25) is 0 Å². The van der Waals surface area contributed by atoms with Crippen LogP contribution in [0.3, 0.4) is 0 Å². The fourth-order valence-corrected chi connectivity index (χ4v) is 4.24. The van der Waals surface area contributed by atoms with Crippen molar-refractivity contribution in [2.24, 2.45) is 0 Å². The average Bonchev–Trinajstić information content (AvgIpc) is 2.93. The number of carbonyl (C=O) groups is 1. The van der Waals surface area contributed by atoms with Crippen LogP contribution in [0.15, 0.2) is 72.8 Å². The largest absolute Gasteiger partial charge is 0.507 e. The molecule has 1 N–H and O–H groups in total. The van der Waals surface area contributed by atoms with Crippen LogP contribution in [0, 0.1) is 0 Å². The molecule has 0 radical (unpaired) electrons. The second-order valence-electron chi connectivity index (χ2n) is 8.64. The van der Waals surface area contributed by atoms with Gasteiger partial charge in [-0.05, 0) is 65.6 Å². The molecule has 4 aromatic rings. The summed E-state index contributed by atoms with van der Waals surface area (Å²) in [7, 11) is 3.19. The van der Waals surface area contributed by atoms with E-state index in [0.717, 1.165) is 28.0 Å². The van der Waals surface area contributed by atoms with E-state index < -0.39 is 5.97 Å². The predicted octanol–water partition coefficient (Wildman–Crippen LogP) is 5.99. The molecule has 0 aliphatic rings. The summed E-state index contributed by atoms with van der Waals surface area (Å²) in [5.74, 6) is 0.742. The van der Waals surface area contributed by atoms with Gasteiger partial charge in [-0.25, -0.2) is 4.79 Å². The lowest BCUT2D eigenvalue weighted by atomic mass is 9.95. The Morgan fingerprint density at radius 2 is 1.66 bits per heavy atom. The Kier molecular flexibility index (Phi) is 9.19. The van der Waals surface area contributed by atoms with Crippen LogP contribution in [0.5, 0.6) is 17.2 Å². The molecule has 4 rings (SSSR count). The van der Waals surface area contributed by atoms with Crippen LogP contribution in [-0.2, 0) is 20.6 Å². The summed E-state index contributed by atoms with van der Waals surface area (Å²) in [5.41, 5.74) is 4.19. The van der Waals surface area contributed by atoms with Crippen LogP contribution in [0.25, 0.3) is 21.9 Å². The number of fused-ring (bicyclic) bond motifs is 1. The number of hydrogen-bond acceptors (Lipinski definition) is 7. The van der Waals surface area contributed by atoms with E-state index in [1.54, 1.807) is 27.2 Å². The van der Waals surface area contributed by atoms with Gasteiger partial charge in [0.15, 0.2) is 6.79 Å². The SMILES string of the molecule is CCOC(=O)c1cc(O)c2cc(-c3ccc(OCOCCOC)c(Cc4ccccc4)c3)cc(OC)c2c1. The van der Waals surface area contributed by atoms with Crippen molar-refractivity contribution < 1.29 is 33.6 Å².